The molecule has 1 aliphatic heterocycles. The first-order valence-corrected chi connectivity index (χ1v) is 6.10. The van der Waals surface area contributed by atoms with Gasteiger partial charge >= 0.3 is 12.4 Å². The number of benzene rings is 1. The second-order valence-corrected chi connectivity index (χ2v) is 4.99. The van der Waals surface area contributed by atoms with E-state index in [1.165, 1.54) is 6.92 Å². The molecule has 3 nitrogen and oxygen atoms in total. The van der Waals surface area contributed by atoms with E-state index < -0.39 is 42.1 Å². The summed E-state index contributed by atoms with van der Waals surface area (Å²) in [4.78, 5) is 4.45. The smallest absolute Gasteiger partial charge is 0.390 e. The Morgan fingerprint density at radius 2 is 1.82 bits per heavy atom. The second kappa shape index (κ2) is 5.15. The molecule has 1 unspecified atom stereocenters. The van der Waals surface area contributed by atoms with Crippen LogP contribution in [0.25, 0.3) is 0 Å². The van der Waals surface area contributed by atoms with E-state index in [0.29, 0.717) is 6.07 Å². The van der Waals surface area contributed by atoms with Gasteiger partial charge in [-0.05, 0) is 19.1 Å². The summed E-state index contributed by atoms with van der Waals surface area (Å²) < 4.78 is 78.7. The van der Waals surface area contributed by atoms with Gasteiger partial charge in [0.2, 0.25) is 0 Å². The number of aliphatic hydroxyl groups excluding tert-OH is 1. The minimum absolute atomic E-state index is 0.00879. The number of hydrogen-bond donors (Lipinski definition) is 1. The van der Waals surface area contributed by atoms with Crippen LogP contribution in [0, 0.1) is 6.92 Å². The van der Waals surface area contributed by atoms with Gasteiger partial charge in [0.05, 0.1) is 17.9 Å². The summed E-state index contributed by atoms with van der Waals surface area (Å²) in [6.45, 7) is 0.487. The molecule has 1 aliphatic rings. The maximum Gasteiger partial charge on any atom is 0.435 e. The van der Waals surface area contributed by atoms with E-state index in [0.717, 1.165) is 12.1 Å². The van der Waals surface area contributed by atoms with Gasteiger partial charge in [0.1, 0.15) is 0 Å². The van der Waals surface area contributed by atoms with Crippen LogP contribution in [0.3, 0.4) is 0 Å². The Balaban J connectivity index is 2.58. The van der Waals surface area contributed by atoms with E-state index in [1.807, 2.05) is 0 Å². The lowest BCUT2D eigenvalue weighted by molar-refractivity contribution is -0.276. The Bertz CT molecular complexity index is 608. The molecule has 0 fully saturated rings. The first kappa shape index (κ1) is 16.6. The summed E-state index contributed by atoms with van der Waals surface area (Å²) in [5.74, 6) is 0. The highest BCUT2D eigenvalue weighted by atomic mass is 19.4. The van der Waals surface area contributed by atoms with Crippen LogP contribution >= 0.6 is 0 Å². The van der Waals surface area contributed by atoms with Gasteiger partial charge in [-0.3, -0.25) is 0 Å². The lowest BCUT2D eigenvalue weighted by Gasteiger charge is -2.30. The number of alkyl halides is 6. The van der Waals surface area contributed by atoms with Crippen molar-refractivity contribution in [2.45, 2.75) is 31.3 Å². The summed E-state index contributed by atoms with van der Waals surface area (Å²) in [7, 11) is 0. The van der Waals surface area contributed by atoms with Gasteiger partial charge in [0.25, 0.3) is 5.60 Å². The van der Waals surface area contributed by atoms with Crippen LogP contribution in [0.4, 0.5) is 26.3 Å². The Hall–Kier alpha value is -1.77. The van der Waals surface area contributed by atoms with Crippen molar-refractivity contribution in [2.75, 3.05) is 6.61 Å². The fraction of sp³-hybridized carbons (Fsp3) is 0.462. The molecular weight excluding hydrogens is 316 g/mol. The average Bonchev–Trinajstić information content (AvgIpc) is 2.82. The third-order valence-electron chi connectivity index (χ3n) is 3.29. The topological polar surface area (TPSA) is 41.8 Å². The molecule has 1 aromatic carbocycles. The molecule has 0 spiro atoms. The highest BCUT2D eigenvalue weighted by molar-refractivity contribution is 5.87. The third-order valence-corrected chi connectivity index (χ3v) is 3.29. The van der Waals surface area contributed by atoms with Crippen LogP contribution in [0.15, 0.2) is 23.4 Å². The van der Waals surface area contributed by atoms with Gasteiger partial charge in [-0.2, -0.15) is 26.3 Å². The van der Waals surface area contributed by atoms with Gasteiger partial charge in [-0.15, -0.1) is 0 Å². The van der Waals surface area contributed by atoms with Crippen LogP contribution in [0.2, 0.25) is 0 Å². The zero-order chi connectivity index (χ0) is 16.8. The largest absolute Gasteiger partial charge is 0.435 e. The molecular formula is C13H11F6NO2. The van der Waals surface area contributed by atoms with Gasteiger partial charge in [-0.1, -0.05) is 16.8 Å². The molecule has 0 aromatic heterocycles. The first-order chi connectivity index (χ1) is 9.99. The average molecular weight is 327 g/mol. The Morgan fingerprint density at radius 3 is 2.27 bits per heavy atom. The van der Waals surface area contributed by atoms with Crippen LogP contribution < -0.4 is 0 Å². The summed E-state index contributed by atoms with van der Waals surface area (Å²) in [6, 6.07) is 2.12. The highest BCUT2D eigenvalue weighted by Crippen LogP contribution is 2.49. The molecule has 1 aromatic rings. The van der Waals surface area contributed by atoms with E-state index in [2.05, 4.69) is 9.99 Å². The van der Waals surface area contributed by atoms with Crippen molar-refractivity contribution in [2.24, 2.45) is 5.16 Å². The van der Waals surface area contributed by atoms with E-state index in [9.17, 15) is 26.3 Å². The number of hydrogen-bond acceptors (Lipinski definition) is 3. The van der Waals surface area contributed by atoms with Crippen molar-refractivity contribution >= 4 is 5.71 Å². The van der Waals surface area contributed by atoms with E-state index >= 15 is 0 Å². The van der Waals surface area contributed by atoms with E-state index in [1.54, 1.807) is 0 Å². The van der Waals surface area contributed by atoms with E-state index in [4.69, 9.17) is 5.11 Å². The Kier molecular flexibility index (Phi) is 3.88. The number of aliphatic hydroxyl groups is 1. The quantitative estimate of drug-likeness (QED) is 0.844. The molecule has 0 saturated heterocycles. The highest BCUT2D eigenvalue weighted by Gasteiger charge is 2.62. The maximum atomic E-state index is 13.4. The van der Waals surface area contributed by atoms with Gasteiger partial charge in [0.15, 0.2) is 0 Å². The molecule has 0 saturated carbocycles. The van der Waals surface area contributed by atoms with Crippen LogP contribution in [-0.2, 0) is 16.6 Å². The van der Waals surface area contributed by atoms with Gasteiger partial charge < -0.3 is 9.94 Å². The lowest BCUT2D eigenvalue weighted by atomic mass is 9.86. The third kappa shape index (κ3) is 2.77. The van der Waals surface area contributed by atoms with Crippen molar-refractivity contribution in [1.29, 1.82) is 0 Å². The molecule has 1 N–H and O–H groups in total. The molecule has 1 heterocycles. The molecule has 2 rings (SSSR count). The molecule has 0 aliphatic carbocycles. The molecule has 22 heavy (non-hydrogen) atoms. The molecule has 0 amide bonds. The monoisotopic (exact) mass is 327 g/mol. The van der Waals surface area contributed by atoms with Crippen molar-refractivity contribution < 1.29 is 36.3 Å². The van der Waals surface area contributed by atoms with Gasteiger partial charge in [-0.25, -0.2) is 0 Å². The van der Waals surface area contributed by atoms with Crippen molar-refractivity contribution in [3.05, 3.63) is 34.9 Å². The van der Waals surface area contributed by atoms with Gasteiger partial charge in [0, 0.05) is 12.0 Å². The summed E-state index contributed by atoms with van der Waals surface area (Å²) in [5.41, 5.74) is -5.19. The molecule has 1 atom stereocenters. The molecule has 0 radical (unpaired) electrons. The molecule has 122 valence electrons. The van der Waals surface area contributed by atoms with Crippen molar-refractivity contribution in [1.82, 2.24) is 0 Å². The maximum absolute atomic E-state index is 13.4. The number of aryl methyl sites for hydroxylation is 1. The van der Waals surface area contributed by atoms with Crippen LogP contribution in [0.5, 0.6) is 0 Å². The number of oxime groups is 1. The first-order valence-electron chi connectivity index (χ1n) is 6.10. The summed E-state index contributed by atoms with van der Waals surface area (Å²) in [6.07, 6.45) is -10.6. The summed E-state index contributed by atoms with van der Waals surface area (Å²) in [5, 5.41) is 12.0. The Labute approximate surface area is 121 Å². The summed E-state index contributed by atoms with van der Waals surface area (Å²) >= 11 is 0. The fourth-order valence-electron chi connectivity index (χ4n) is 2.23. The zero-order valence-electron chi connectivity index (χ0n) is 11.2. The van der Waals surface area contributed by atoms with Crippen LogP contribution in [0.1, 0.15) is 23.1 Å². The number of rotatable bonds is 2. The SMILES string of the molecule is Cc1cc(C(F)(F)F)cc(C2(C(F)(F)F)CC(CO)=NO2)c1. The Morgan fingerprint density at radius 1 is 1.18 bits per heavy atom. The zero-order valence-corrected chi connectivity index (χ0v) is 11.2. The fourth-order valence-corrected chi connectivity index (χ4v) is 2.23. The van der Waals surface area contributed by atoms with E-state index in [-0.39, 0.29) is 11.3 Å². The number of nitrogens with zero attached hydrogens (tertiary/aromatic N) is 1. The molecule has 0 bridgehead atoms. The predicted octanol–water partition coefficient (Wildman–Crippen LogP) is 3.54. The minimum Gasteiger partial charge on any atom is -0.390 e. The molecule has 9 heteroatoms. The second-order valence-electron chi connectivity index (χ2n) is 4.99. The van der Waals surface area contributed by atoms with Crippen molar-refractivity contribution in [3.8, 4) is 0 Å². The minimum atomic E-state index is -5.00. The van der Waals surface area contributed by atoms with Crippen LogP contribution in [-0.4, -0.2) is 23.6 Å². The lowest BCUT2D eigenvalue weighted by Crippen LogP contribution is -2.43. The standard InChI is InChI=1S/C13H11F6NO2/c1-7-2-8(4-9(3-7)12(14,15)16)11(13(17,18)19)5-10(6-21)20-22-11/h2-4,21H,5-6H2,1H3. The van der Waals surface area contributed by atoms with Crippen molar-refractivity contribution in [3.63, 3.8) is 0 Å². The number of halogens is 6. The predicted molar refractivity (Wildman–Crippen MR) is 64.1 cm³/mol. The normalized spacial score (nSPS) is 22.5.